The summed E-state index contributed by atoms with van der Waals surface area (Å²) in [5.74, 6) is -0.656. The zero-order chi connectivity index (χ0) is 10.8. The van der Waals surface area contributed by atoms with E-state index in [1.165, 1.54) is 12.2 Å². The quantitative estimate of drug-likeness (QED) is 0.487. The minimum Gasteiger partial charge on any atom is -0.366 e. The summed E-state index contributed by atoms with van der Waals surface area (Å²) in [7, 11) is 0. The third-order valence-corrected chi connectivity index (χ3v) is 1.98. The lowest BCUT2D eigenvalue weighted by atomic mass is 9.90. The van der Waals surface area contributed by atoms with Gasteiger partial charge < -0.3 is 5.73 Å². The minimum atomic E-state index is -1.75. The maximum atomic E-state index is 10.7. The van der Waals surface area contributed by atoms with Crippen LogP contribution in [0, 0.1) is 21.4 Å². The van der Waals surface area contributed by atoms with Gasteiger partial charge in [-0.15, -0.1) is 0 Å². The van der Waals surface area contributed by atoms with Crippen molar-refractivity contribution in [3.8, 4) is 6.07 Å². The van der Waals surface area contributed by atoms with Gasteiger partial charge in [0.15, 0.2) is 6.07 Å². The van der Waals surface area contributed by atoms with Crippen LogP contribution in [0.1, 0.15) is 6.42 Å². The monoisotopic (exact) mass is 193 g/mol. The van der Waals surface area contributed by atoms with E-state index < -0.39 is 16.4 Å². The molecular formula is C8H7N3O3. The van der Waals surface area contributed by atoms with Crippen LogP contribution in [0.3, 0.4) is 0 Å². The molecule has 0 saturated carbocycles. The van der Waals surface area contributed by atoms with Gasteiger partial charge in [-0.1, -0.05) is 6.08 Å². The van der Waals surface area contributed by atoms with E-state index in [-0.39, 0.29) is 12.0 Å². The van der Waals surface area contributed by atoms with Gasteiger partial charge in [-0.25, -0.2) is 0 Å². The lowest BCUT2D eigenvalue weighted by Gasteiger charge is -2.15. The number of nitrogens with zero attached hydrogens (tertiary/aromatic N) is 2. The molecule has 1 aliphatic rings. The van der Waals surface area contributed by atoms with Crippen molar-refractivity contribution in [3.63, 3.8) is 0 Å². The summed E-state index contributed by atoms with van der Waals surface area (Å²) >= 11 is 0. The molecule has 1 atom stereocenters. The zero-order valence-corrected chi connectivity index (χ0v) is 7.14. The predicted octanol–water partition coefficient (Wildman–Crippen LogP) is -0.103. The van der Waals surface area contributed by atoms with E-state index in [1.807, 2.05) is 0 Å². The molecule has 72 valence electrons. The van der Waals surface area contributed by atoms with Crippen molar-refractivity contribution in [1.29, 1.82) is 5.26 Å². The number of hydrogen-bond donors (Lipinski definition) is 1. The smallest absolute Gasteiger partial charge is 0.327 e. The highest BCUT2D eigenvalue weighted by atomic mass is 16.6. The standard InChI is InChI=1S/C8H7N3O3/c9-5-8(11(13)14)3-1-6(2-4-8)7(10)12/h1-3H,4H2,(H2,10,12). The van der Waals surface area contributed by atoms with Gasteiger partial charge in [0, 0.05) is 16.6 Å². The molecule has 1 aliphatic carbocycles. The Morgan fingerprint density at radius 1 is 1.79 bits per heavy atom. The molecule has 0 radical (unpaired) electrons. The van der Waals surface area contributed by atoms with Crippen LogP contribution in [0.25, 0.3) is 0 Å². The molecular weight excluding hydrogens is 186 g/mol. The second kappa shape index (κ2) is 3.30. The molecule has 2 N–H and O–H groups in total. The summed E-state index contributed by atoms with van der Waals surface area (Å²) in [6.07, 6.45) is 3.46. The number of nitrogens with two attached hydrogens (primary N) is 1. The summed E-state index contributed by atoms with van der Waals surface area (Å²) in [4.78, 5) is 20.6. The summed E-state index contributed by atoms with van der Waals surface area (Å²) in [5.41, 5.74) is 3.40. The molecule has 1 amide bonds. The van der Waals surface area contributed by atoms with E-state index in [1.54, 1.807) is 6.07 Å². The first-order valence-corrected chi connectivity index (χ1v) is 3.77. The minimum absolute atomic E-state index is 0.134. The molecule has 6 heteroatoms. The molecule has 0 heterocycles. The third-order valence-electron chi connectivity index (χ3n) is 1.98. The Labute approximate surface area is 79.5 Å². The highest BCUT2D eigenvalue weighted by molar-refractivity contribution is 5.95. The van der Waals surface area contributed by atoms with Crippen LogP contribution < -0.4 is 5.73 Å². The van der Waals surface area contributed by atoms with Gasteiger partial charge in [0.05, 0.1) is 6.42 Å². The van der Waals surface area contributed by atoms with E-state index in [0.717, 1.165) is 6.08 Å². The van der Waals surface area contributed by atoms with E-state index in [2.05, 4.69) is 0 Å². The first-order chi connectivity index (χ1) is 6.52. The van der Waals surface area contributed by atoms with Crippen molar-refractivity contribution >= 4 is 5.91 Å². The summed E-state index contributed by atoms with van der Waals surface area (Å²) in [6, 6.07) is 1.59. The average Bonchev–Trinajstić information content (AvgIpc) is 2.17. The Bertz CT molecular complexity index is 391. The largest absolute Gasteiger partial charge is 0.366 e. The summed E-state index contributed by atoms with van der Waals surface area (Å²) in [5, 5.41) is 19.2. The van der Waals surface area contributed by atoms with Crippen LogP contribution in [0.15, 0.2) is 23.8 Å². The number of nitro groups is 1. The van der Waals surface area contributed by atoms with Crippen molar-refractivity contribution in [3.05, 3.63) is 33.9 Å². The van der Waals surface area contributed by atoms with Crippen LogP contribution >= 0.6 is 0 Å². The Morgan fingerprint density at radius 3 is 2.71 bits per heavy atom. The number of primary amides is 1. The zero-order valence-electron chi connectivity index (χ0n) is 7.14. The first kappa shape index (κ1) is 9.92. The van der Waals surface area contributed by atoms with E-state index in [0.29, 0.717) is 0 Å². The van der Waals surface area contributed by atoms with Gasteiger partial charge in [-0.05, 0) is 6.08 Å². The third kappa shape index (κ3) is 1.47. The summed E-state index contributed by atoms with van der Waals surface area (Å²) in [6.45, 7) is 0. The summed E-state index contributed by atoms with van der Waals surface area (Å²) < 4.78 is 0. The van der Waals surface area contributed by atoms with Gasteiger partial charge in [0.25, 0.3) is 0 Å². The second-order valence-corrected chi connectivity index (χ2v) is 2.85. The van der Waals surface area contributed by atoms with E-state index in [4.69, 9.17) is 11.0 Å². The number of hydrogen-bond acceptors (Lipinski definition) is 4. The molecule has 0 bridgehead atoms. The van der Waals surface area contributed by atoms with E-state index >= 15 is 0 Å². The number of carbonyl (C=O) groups is 1. The average molecular weight is 193 g/mol. The van der Waals surface area contributed by atoms with Crippen LogP contribution in [-0.4, -0.2) is 16.4 Å². The topological polar surface area (TPSA) is 110 Å². The molecule has 14 heavy (non-hydrogen) atoms. The fourth-order valence-electron chi connectivity index (χ4n) is 1.07. The number of carbonyl (C=O) groups excluding carboxylic acids is 1. The lowest BCUT2D eigenvalue weighted by Crippen LogP contribution is -2.35. The molecule has 1 unspecified atom stereocenters. The van der Waals surface area contributed by atoms with Gasteiger partial charge in [-0.3, -0.25) is 14.9 Å². The van der Waals surface area contributed by atoms with Crippen LogP contribution in [0.2, 0.25) is 0 Å². The molecule has 0 saturated heterocycles. The predicted molar refractivity (Wildman–Crippen MR) is 46.4 cm³/mol. The number of nitriles is 1. The fourth-order valence-corrected chi connectivity index (χ4v) is 1.07. The van der Waals surface area contributed by atoms with Crippen LogP contribution in [0.4, 0.5) is 0 Å². The highest BCUT2D eigenvalue weighted by Gasteiger charge is 2.41. The maximum absolute atomic E-state index is 10.7. The molecule has 0 aromatic rings. The highest BCUT2D eigenvalue weighted by Crippen LogP contribution is 2.23. The molecule has 6 nitrogen and oxygen atoms in total. The molecule has 0 aromatic carbocycles. The Balaban J connectivity index is 2.98. The SMILES string of the molecule is N#CC1([N+](=O)[O-])C=CC(C(N)=O)=CC1. The van der Waals surface area contributed by atoms with Crippen LogP contribution in [0.5, 0.6) is 0 Å². The molecule has 0 aliphatic heterocycles. The van der Waals surface area contributed by atoms with Crippen molar-refractivity contribution < 1.29 is 9.72 Å². The molecule has 1 rings (SSSR count). The normalized spacial score (nSPS) is 24.9. The Hall–Kier alpha value is -2.16. The number of rotatable bonds is 2. The number of amides is 1. The van der Waals surface area contributed by atoms with E-state index in [9.17, 15) is 14.9 Å². The molecule has 0 aromatic heterocycles. The van der Waals surface area contributed by atoms with Crippen LogP contribution in [-0.2, 0) is 4.79 Å². The van der Waals surface area contributed by atoms with Gasteiger partial charge in [0.2, 0.25) is 5.91 Å². The van der Waals surface area contributed by atoms with Crippen molar-refractivity contribution in [2.75, 3.05) is 0 Å². The molecule has 0 spiro atoms. The van der Waals surface area contributed by atoms with Gasteiger partial charge >= 0.3 is 5.54 Å². The lowest BCUT2D eigenvalue weighted by molar-refractivity contribution is -0.537. The van der Waals surface area contributed by atoms with Crippen molar-refractivity contribution in [1.82, 2.24) is 0 Å². The fraction of sp³-hybridized carbons (Fsp3) is 0.250. The maximum Gasteiger partial charge on any atom is 0.327 e. The van der Waals surface area contributed by atoms with Crippen molar-refractivity contribution in [2.24, 2.45) is 5.73 Å². The molecule has 0 fully saturated rings. The Morgan fingerprint density at radius 2 is 2.43 bits per heavy atom. The van der Waals surface area contributed by atoms with Crippen molar-refractivity contribution in [2.45, 2.75) is 12.0 Å². The van der Waals surface area contributed by atoms with Gasteiger partial charge in [-0.2, -0.15) is 5.26 Å². The first-order valence-electron chi connectivity index (χ1n) is 3.77. The van der Waals surface area contributed by atoms with Gasteiger partial charge in [0.1, 0.15) is 0 Å². The Kier molecular flexibility index (Phi) is 2.34. The second-order valence-electron chi connectivity index (χ2n) is 2.85.